The molecule has 1 saturated heterocycles. The second kappa shape index (κ2) is 1.72. The lowest BCUT2D eigenvalue weighted by Gasteiger charge is -2.38. The van der Waals surface area contributed by atoms with Gasteiger partial charge >= 0.3 is 5.97 Å². The standard InChI is InChI=1S/C7H10O2/c8-7-5-3-1-2-4-6(5)9-7/h5-6H,1-4H2/t5-,6+/m0/s1. The molecule has 0 spiro atoms. The quantitative estimate of drug-likeness (QED) is 0.454. The zero-order valence-corrected chi connectivity index (χ0v) is 5.30. The number of carbonyl (C=O) groups is 1. The van der Waals surface area contributed by atoms with Crippen LogP contribution >= 0.6 is 0 Å². The third-order valence-electron chi connectivity index (χ3n) is 2.27. The Balaban J connectivity index is 2.01. The van der Waals surface area contributed by atoms with Gasteiger partial charge in [-0.05, 0) is 19.3 Å². The van der Waals surface area contributed by atoms with Crippen LogP contribution in [0.1, 0.15) is 25.7 Å². The first-order chi connectivity index (χ1) is 4.38. The van der Waals surface area contributed by atoms with Crippen LogP contribution in [-0.4, -0.2) is 12.1 Å². The van der Waals surface area contributed by atoms with Gasteiger partial charge in [0.2, 0.25) is 0 Å². The third kappa shape index (κ3) is 0.655. The Bertz CT molecular complexity index is 142. The van der Waals surface area contributed by atoms with Crippen molar-refractivity contribution in [2.75, 3.05) is 0 Å². The van der Waals surface area contributed by atoms with Crippen LogP contribution in [0.4, 0.5) is 0 Å². The molecule has 2 rings (SSSR count). The topological polar surface area (TPSA) is 26.3 Å². The molecule has 0 aromatic carbocycles. The molecule has 0 radical (unpaired) electrons. The first-order valence-electron chi connectivity index (χ1n) is 3.58. The molecular weight excluding hydrogens is 116 g/mol. The van der Waals surface area contributed by atoms with Crippen molar-refractivity contribution >= 4 is 5.97 Å². The van der Waals surface area contributed by atoms with E-state index in [9.17, 15) is 4.79 Å². The van der Waals surface area contributed by atoms with Crippen LogP contribution in [0.5, 0.6) is 0 Å². The fraction of sp³-hybridized carbons (Fsp3) is 0.857. The second-order valence-corrected chi connectivity index (χ2v) is 2.87. The smallest absolute Gasteiger partial charge is 0.313 e. The zero-order valence-electron chi connectivity index (χ0n) is 5.30. The number of hydrogen-bond acceptors (Lipinski definition) is 2. The Hall–Kier alpha value is -0.530. The summed E-state index contributed by atoms with van der Waals surface area (Å²) in [6.07, 6.45) is 4.95. The lowest BCUT2D eigenvalue weighted by atomic mass is 9.83. The Morgan fingerprint density at radius 3 is 2.67 bits per heavy atom. The van der Waals surface area contributed by atoms with Gasteiger partial charge in [-0.15, -0.1) is 0 Å². The number of carbonyl (C=O) groups excluding carboxylic acids is 1. The van der Waals surface area contributed by atoms with E-state index in [1.54, 1.807) is 0 Å². The van der Waals surface area contributed by atoms with Gasteiger partial charge in [0.25, 0.3) is 0 Å². The highest BCUT2D eigenvalue weighted by molar-refractivity contribution is 5.78. The minimum atomic E-state index is 0.0414. The molecule has 0 bridgehead atoms. The molecule has 1 heterocycles. The van der Waals surface area contributed by atoms with E-state index in [1.807, 2.05) is 0 Å². The maximum Gasteiger partial charge on any atom is 0.313 e. The molecule has 2 aliphatic rings. The Kier molecular flexibility index (Phi) is 1.01. The molecule has 2 heteroatoms. The Morgan fingerprint density at radius 1 is 1.33 bits per heavy atom. The van der Waals surface area contributed by atoms with Gasteiger partial charge in [0.15, 0.2) is 0 Å². The normalized spacial score (nSPS) is 40.7. The number of ether oxygens (including phenoxy) is 1. The van der Waals surface area contributed by atoms with Crippen LogP contribution in [-0.2, 0) is 9.53 Å². The highest BCUT2D eigenvalue weighted by atomic mass is 16.6. The molecule has 1 aliphatic carbocycles. The van der Waals surface area contributed by atoms with Crippen LogP contribution in [0.25, 0.3) is 0 Å². The van der Waals surface area contributed by atoms with Gasteiger partial charge in [0.1, 0.15) is 6.10 Å². The van der Waals surface area contributed by atoms with Crippen molar-refractivity contribution in [3.63, 3.8) is 0 Å². The van der Waals surface area contributed by atoms with Crippen LogP contribution < -0.4 is 0 Å². The minimum absolute atomic E-state index is 0.0414. The van der Waals surface area contributed by atoms with E-state index in [4.69, 9.17) is 4.74 Å². The average Bonchev–Trinajstić information content (AvgIpc) is 1.86. The molecule has 9 heavy (non-hydrogen) atoms. The van der Waals surface area contributed by atoms with E-state index >= 15 is 0 Å². The summed E-state index contributed by atoms with van der Waals surface area (Å²) in [7, 11) is 0. The van der Waals surface area contributed by atoms with Gasteiger partial charge in [-0.25, -0.2) is 0 Å². The summed E-state index contributed by atoms with van der Waals surface area (Å²) in [4.78, 5) is 10.6. The third-order valence-corrected chi connectivity index (χ3v) is 2.27. The van der Waals surface area contributed by atoms with Gasteiger partial charge in [-0.2, -0.15) is 0 Å². The molecule has 0 amide bonds. The van der Waals surface area contributed by atoms with Gasteiger partial charge in [0, 0.05) is 0 Å². The van der Waals surface area contributed by atoms with Crippen LogP contribution in [0.2, 0.25) is 0 Å². The summed E-state index contributed by atoms with van der Waals surface area (Å²) in [5.74, 6) is 0.332. The molecule has 0 unspecified atom stereocenters. The van der Waals surface area contributed by atoms with Crippen LogP contribution in [0, 0.1) is 5.92 Å². The van der Waals surface area contributed by atoms with Gasteiger partial charge in [-0.3, -0.25) is 4.79 Å². The lowest BCUT2D eigenvalue weighted by molar-refractivity contribution is -0.189. The SMILES string of the molecule is O=C1O[C@@H]2CCCC[C@H]12. The van der Waals surface area contributed by atoms with Crippen LogP contribution in [0.15, 0.2) is 0 Å². The molecule has 1 saturated carbocycles. The minimum Gasteiger partial charge on any atom is -0.461 e. The summed E-state index contributed by atoms with van der Waals surface area (Å²) in [5.41, 5.74) is 0. The summed E-state index contributed by atoms with van der Waals surface area (Å²) >= 11 is 0. The van der Waals surface area contributed by atoms with E-state index in [2.05, 4.69) is 0 Å². The van der Waals surface area contributed by atoms with E-state index in [0.717, 1.165) is 12.8 Å². The molecule has 0 aromatic rings. The lowest BCUT2D eigenvalue weighted by Crippen LogP contribution is -2.46. The first-order valence-corrected chi connectivity index (χ1v) is 3.58. The number of rotatable bonds is 0. The predicted octanol–water partition coefficient (Wildman–Crippen LogP) is 1.10. The predicted molar refractivity (Wildman–Crippen MR) is 31.8 cm³/mol. The monoisotopic (exact) mass is 126 g/mol. The number of hydrogen-bond donors (Lipinski definition) is 0. The molecule has 0 aromatic heterocycles. The zero-order chi connectivity index (χ0) is 6.27. The maximum absolute atomic E-state index is 10.6. The maximum atomic E-state index is 10.6. The van der Waals surface area contributed by atoms with E-state index in [-0.39, 0.29) is 5.97 Å². The molecule has 2 atom stereocenters. The van der Waals surface area contributed by atoms with Crippen molar-refractivity contribution in [2.24, 2.45) is 5.92 Å². The number of fused-ring (bicyclic) bond motifs is 1. The molecule has 0 N–H and O–H groups in total. The van der Waals surface area contributed by atoms with Crippen molar-refractivity contribution in [1.29, 1.82) is 0 Å². The first kappa shape index (κ1) is 5.27. The van der Waals surface area contributed by atoms with Crippen molar-refractivity contribution in [1.82, 2.24) is 0 Å². The summed E-state index contributed by atoms with van der Waals surface area (Å²) < 4.78 is 4.90. The van der Waals surface area contributed by atoms with Gasteiger partial charge in [-0.1, -0.05) is 6.42 Å². The van der Waals surface area contributed by atoms with Crippen molar-refractivity contribution < 1.29 is 9.53 Å². The summed E-state index contributed by atoms with van der Waals surface area (Å²) in [6.45, 7) is 0. The van der Waals surface area contributed by atoms with E-state index < -0.39 is 0 Å². The Labute approximate surface area is 54.2 Å². The molecule has 2 fully saturated rings. The van der Waals surface area contributed by atoms with Gasteiger partial charge in [0.05, 0.1) is 5.92 Å². The van der Waals surface area contributed by atoms with Crippen LogP contribution in [0.3, 0.4) is 0 Å². The molecule has 50 valence electrons. The van der Waals surface area contributed by atoms with Crippen molar-refractivity contribution in [3.8, 4) is 0 Å². The van der Waals surface area contributed by atoms with Crippen molar-refractivity contribution in [2.45, 2.75) is 31.8 Å². The number of esters is 1. The van der Waals surface area contributed by atoms with E-state index in [1.165, 1.54) is 12.8 Å². The van der Waals surface area contributed by atoms with E-state index in [0.29, 0.717) is 12.0 Å². The Morgan fingerprint density at radius 2 is 2.11 bits per heavy atom. The van der Waals surface area contributed by atoms with Gasteiger partial charge < -0.3 is 4.74 Å². The molecule has 2 nitrogen and oxygen atoms in total. The highest BCUT2D eigenvalue weighted by Gasteiger charge is 2.43. The molecular formula is C7H10O2. The fourth-order valence-corrected chi connectivity index (χ4v) is 1.67. The fourth-order valence-electron chi connectivity index (χ4n) is 1.67. The largest absolute Gasteiger partial charge is 0.461 e. The average molecular weight is 126 g/mol. The summed E-state index contributed by atoms with van der Waals surface area (Å²) in [6, 6.07) is 0. The molecule has 1 aliphatic heterocycles. The highest BCUT2D eigenvalue weighted by Crippen LogP contribution is 2.35. The second-order valence-electron chi connectivity index (χ2n) is 2.87. The van der Waals surface area contributed by atoms with Crippen molar-refractivity contribution in [3.05, 3.63) is 0 Å². The summed E-state index contributed by atoms with van der Waals surface area (Å²) in [5, 5.41) is 0.